The molecule has 0 aliphatic carbocycles. The molecule has 3 rings (SSSR count). The second-order valence-electron chi connectivity index (χ2n) is 6.88. The number of esters is 1. The van der Waals surface area contributed by atoms with E-state index >= 15 is 0 Å². The molecule has 0 spiro atoms. The summed E-state index contributed by atoms with van der Waals surface area (Å²) in [5.74, 6) is 1.05. The molecule has 3 aromatic rings. The summed E-state index contributed by atoms with van der Waals surface area (Å²) in [6.07, 6.45) is 2.18. The molecule has 0 bridgehead atoms. The Bertz CT molecular complexity index is 878. The molecule has 0 radical (unpaired) electrons. The lowest BCUT2D eigenvalue weighted by Gasteiger charge is -2.09. The molecule has 1 atom stereocenters. The van der Waals surface area contributed by atoms with Crippen LogP contribution in [0.5, 0.6) is 11.5 Å². The Hall–Kier alpha value is -3.07. The Balaban J connectivity index is 1.65. The molecule has 0 aromatic heterocycles. The average molecular weight is 360 g/mol. The van der Waals surface area contributed by atoms with Crippen molar-refractivity contribution < 1.29 is 14.6 Å². The van der Waals surface area contributed by atoms with E-state index in [-0.39, 0.29) is 11.7 Å². The van der Waals surface area contributed by atoms with E-state index in [0.29, 0.717) is 17.2 Å². The van der Waals surface area contributed by atoms with Crippen LogP contribution in [-0.4, -0.2) is 11.1 Å². The summed E-state index contributed by atoms with van der Waals surface area (Å²) in [7, 11) is 0. The van der Waals surface area contributed by atoms with Crippen molar-refractivity contribution in [2.24, 2.45) is 5.92 Å². The highest BCUT2D eigenvalue weighted by molar-refractivity contribution is 5.91. The first kappa shape index (κ1) is 18.7. The van der Waals surface area contributed by atoms with Gasteiger partial charge in [-0.05, 0) is 65.4 Å². The standard InChI is InChI=1S/C24H24O3/c1-3-17(2)16-18-4-14-23(15-5-18)27-24(26)21-8-6-19(7-9-21)20-10-12-22(25)13-11-20/h4-15,17,25H,3,16H2,1-2H3/t17-/m0/s1. The zero-order valence-corrected chi connectivity index (χ0v) is 15.7. The van der Waals surface area contributed by atoms with Gasteiger partial charge in [-0.1, -0.05) is 56.7 Å². The fourth-order valence-corrected chi connectivity index (χ4v) is 2.86. The lowest BCUT2D eigenvalue weighted by molar-refractivity contribution is 0.0734. The second kappa shape index (κ2) is 8.54. The number of aromatic hydroxyl groups is 1. The summed E-state index contributed by atoms with van der Waals surface area (Å²) in [5.41, 5.74) is 3.70. The molecular weight excluding hydrogens is 336 g/mol. The smallest absolute Gasteiger partial charge is 0.343 e. The summed E-state index contributed by atoms with van der Waals surface area (Å²) in [6.45, 7) is 4.42. The molecule has 3 nitrogen and oxygen atoms in total. The molecule has 0 fully saturated rings. The third-order valence-electron chi connectivity index (χ3n) is 4.74. The molecule has 0 aliphatic rings. The summed E-state index contributed by atoms with van der Waals surface area (Å²) in [5, 5.41) is 9.37. The van der Waals surface area contributed by atoms with Crippen LogP contribution >= 0.6 is 0 Å². The van der Waals surface area contributed by atoms with E-state index in [0.717, 1.165) is 24.0 Å². The summed E-state index contributed by atoms with van der Waals surface area (Å²) >= 11 is 0. The van der Waals surface area contributed by atoms with E-state index in [1.165, 1.54) is 5.56 Å². The van der Waals surface area contributed by atoms with Crippen LogP contribution in [0.1, 0.15) is 36.2 Å². The van der Waals surface area contributed by atoms with Crippen LogP contribution in [0.3, 0.4) is 0 Å². The molecule has 0 amide bonds. The second-order valence-corrected chi connectivity index (χ2v) is 6.88. The number of benzene rings is 3. The van der Waals surface area contributed by atoms with Crippen LogP contribution in [0.15, 0.2) is 72.8 Å². The molecule has 0 heterocycles. The molecule has 27 heavy (non-hydrogen) atoms. The van der Waals surface area contributed by atoms with E-state index in [4.69, 9.17) is 4.74 Å². The lowest BCUT2D eigenvalue weighted by Crippen LogP contribution is -2.08. The van der Waals surface area contributed by atoms with Gasteiger partial charge in [0.05, 0.1) is 5.56 Å². The summed E-state index contributed by atoms with van der Waals surface area (Å²) in [6, 6.07) is 21.9. The Kier molecular flexibility index (Phi) is 5.92. The van der Waals surface area contributed by atoms with Crippen molar-refractivity contribution in [1.82, 2.24) is 0 Å². The normalized spacial score (nSPS) is 11.8. The van der Waals surface area contributed by atoms with Gasteiger partial charge in [0.2, 0.25) is 0 Å². The van der Waals surface area contributed by atoms with Gasteiger partial charge in [0, 0.05) is 0 Å². The third-order valence-corrected chi connectivity index (χ3v) is 4.74. The van der Waals surface area contributed by atoms with Crippen molar-refractivity contribution in [3.8, 4) is 22.6 Å². The minimum Gasteiger partial charge on any atom is -0.508 e. The molecule has 0 saturated heterocycles. The lowest BCUT2D eigenvalue weighted by atomic mass is 9.99. The van der Waals surface area contributed by atoms with Crippen LogP contribution in [0.25, 0.3) is 11.1 Å². The van der Waals surface area contributed by atoms with Crippen LogP contribution in [0.2, 0.25) is 0 Å². The van der Waals surface area contributed by atoms with Gasteiger partial charge in [0.15, 0.2) is 0 Å². The number of hydrogen-bond acceptors (Lipinski definition) is 3. The minimum absolute atomic E-state index is 0.231. The maximum Gasteiger partial charge on any atom is 0.343 e. The molecule has 0 aliphatic heterocycles. The number of rotatable bonds is 6. The summed E-state index contributed by atoms with van der Waals surface area (Å²) in [4.78, 5) is 12.4. The first-order valence-corrected chi connectivity index (χ1v) is 9.25. The van der Waals surface area contributed by atoms with Crippen molar-refractivity contribution in [3.05, 3.63) is 83.9 Å². The van der Waals surface area contributed by atoms with Crippen molar-refractivity contribution >= 4 is 5.97 Å². The van der Waals surface area contributed by atoms with Crippen LogP contribution in [-0.2, 0) is 6.42 Å². The largest absolute Gasteiger partial charge is 0.508 e. The number of carbonyl (C=O) groups excluding carboxylic acids is 1. The van der Waals surface area contributed by atoms with Crippen molar-refractivity contribution in [1.29, 1.82) is 0 Å². The SMILES string of the molecule is CC[C@H](C)Cc1ccc(OC(=O)c2ccc(-c3ccc(O)cc3)cc2)cc1. The Labute approximate surface area is 160 Å². The van der Waals surface area contributed by atoms with Gasteiger partial charge < -0.3 is 9.84 Å². The van der Waals surface area contributed by atoms with Crippen molar-refractivity contribution in [2.45, 2.75) is 26.7 Å². The minimum atomic E-state index is -0.373. The maximum absolute atomic E-state index is 12.4. The Morgan fingerprint density at radius 1 is 0.889 bits per heavy atom. The van der Waals surface area contributed by atoms with Crippen LogP contribution < -0.4 is 4.74 Å². The predicted molar refractivity (Wildman–Crippen MR) is 108 cm³/mol. The first-order chi connectivity index (χ1) is 13.0. The third kappa shape index (κ3) is 4.98. The summed E-state index contributed by atoms with van der Waals surface area (Å²) < 4.78 is 5.48. The van der Waals surface area contributed by atoms with Crippen LogP contribution in [0, 0.1) is 5.92 Å². The zero-order chi connectivity index (χ0) is 19.2. The van der Waals surface area contributed by atoms with Gasteiger partial charge in [-0.15, -0.1) is 0 Å². The molecule has 3 aromatic carbocycles. The number of ether oxygens (including phenoxy) is 1. The highest BCUT2D eigenvalue weighted by atomic mass is 16.5. The van der Waals surface area contributed by atoms with Gasteiger partial charge in [-0.2, -0.15) is 0 Å². The van der Waals surface area contributed by atoms with Crippen molar-refractivity contribution in [3.63, 3.8) is 0 Å². The number of carbonyl (C=O) groups is 1. The monoisotopic (exact) mass is 360 g/mol. The van der Waals surface area contributed by atoms with Gasteiger partial charge in [-0.3, -0.25) is 0 Å². The number of phenols is 1. The highest BCUT2D eigenvalue weighted by Gasteiger charge is 2.09. The van der Waals surface area contributed by atoms with Gasteiger partial charge in [0.25, 0.3) is 0 Å². The van der Waals surface area contributed by atoms with E-state index in [9.17, 15) is 9.90 Å². The molecule has 0 saturated carbocycles. The van der Waals surface area contributed by atoms with Crippen LogP contribution in [0.4, 0.5) is 0 Å². The molecule has 0 unspecified atom stereocenters. The topological polar surface area (TPSA) is 46.5 Å². The predicted octanol–water partition coefficient (Wildman–Crippen LogP) is 5.87. The van der Waals surface area contributed by atoms with E-state index in [1.807, 2.05) is 48.5 Å². The van der Waals surface area contributed by atoms with E-state index in [1.54, 1.807) is 24.3 Å². The molecule has 3 heteroatoms. The quantitative estimate of drug-likeness (QED) is 0.442. The molecular formula is C24H24O3. The van der Waals surface area contributed by atoms with Crippen molar-refractivity contribution in [2.75, 3.05) is 0 Å². The van der Waals surface area contributed by atoms with Gasteiger partial charge in [-0.25, -0.2) is 4.79 Å². The fourth-order valence-electron chi connectivity index (χ4n) is 2.86. The van der Waals surface area contributed by atoms with E-state index in [2.05, 4.69) is 13.8 Å². The molecule has 138 valence electrons. The van der Waals surface area contributed by atoms with E-state index < -0.39 is 0 Å². The average Bonchev–Trinajstić information content (AvgIpc) is 2.70. The maximum atomic E-state index is 12.4. The first-order valence-electron chi connectivity index (χ1n) is 9.25. The number of phenolic OH excluding ortho intramolecular Hbond substituents is 1. The highest BCUT2D eigenvalue weighted by Crippen LogP contribution is 2.23. The zero-order valence-electron chi connectivity index (χ0n) is 15.7. The van der Waals surface area contributed by atoms with Gasteiger partial charge in [0.1, 0.15) is 11.5 Å². The number of hydrogen-bond donors (Lipinski definition) is 1. The Morgan fingerprint density at radius 3 is 2.00 bits per heavy atom. The molecule has 1 N–H and O–H groups in total. The van der Waals surface area contributed by atoms with Gasteiger partial charge >= 0.3 is 5.97 Å². The fraction of sp³-hybridized carbons (Fsp3) is 0.208. The Morgan fingerprint density at radius 2 is 1.44 bits per heavy atom.